The molecule has 0 fully saturated rings. The normalized spacial score (nSPS) is 14.5. The van der Waals surface area contributed by atoms with E-state index in [0.29, 0.717) is 28.0 Å². The van der Waals surface area contributed by atoms with Crippen LogP contribution in [0.5, 0.6) is 0 Å². The number of hydrogen-bond acceptors (Lipinski definition) is 6. The zero-order chi connectivity index (χ0) is 24.7. The van der Waals surface area contributed by atoms with Gasteiger partial charge in [0.25, 0.3) is 0 Å². The average molecular weight is 480 g/mol. The average Bonchev–Trinajstić information content (AvgIpc) is 2.71. The van der Waals surface area contributed by atoms with Gasteiger partial charge in [0.15, 0.2) is 0 Å². The highest BCUT2D eigenvalue weighted by atomic mass is 31.2. The number of benzene rings is 1. The topological polar surface area (TPSA) is 88.0 Å². The highest BCUT2D eigenvalue weighted by Crippen LogP contribution is 2.39. The summed E-state index contributed by atoms with van der Waals surface area (Å²) in [5.41, 5.74) is 0.0466. The molecule has 0 aliphatic rings. The lowest BCUT2D eigenvalue weighted by atomic mass is 9.92. The van der Waals surface area contributed by atoms with Crippen LogP contribution in [0.2, 0.25) is 0 Å². The summed E-state index contributed by atoms with van der Waals surface area (Å²) in [6.45, 7) is 9.39. The summed E-state index contributed by atoms with van der Waals surface area (Å²) in [7, 11) is -2.66. The summed E-state index contributed by atoms with van der Waals surface area (Å²) >= 11 is 0. The van der Waals surface area contributed by atoms with Crippen molar-refractivity contribution < 1.29 is 22.8 Å². The highest BCUT2D eigenvalue weighted by molar-refractivity contribution is 7.69. The molecule has 0 amide bonds. The first-order valence-electron chi connectivity index (χ1n) is 10.5. The molecule has 2 N–H and O–H groups in total. The molecular formula is C23H28F3N4O2P. The molecule has 33 heavy (non-hydrogen) atoms. The van der Waals surface area contributed by atoms with E-state index in [1.165, 1.54) is 32.2 Å². The number of aliphatic hydroxyl groups excluding tert-OH is 1. The zero-order valence-electron chi connectivity index (χ0n) is 19.4. The van der Waals surface area contributed by atoms with Gasteiger partial charge in [-0.1, -0.05) is 26.0 Å². The molecule has 0 aliphatic heterocycles. The van der Waals surface area contributed by atoms with Crippen LogP contribution in [0, 0.1) is 18.7 Å². The summed E-state index contributed by atoms with van der Waals surface area (Å²) in [6, 6.07) is 4.61. The number of halogens is 3. The fourth-order valence-corrected chi connectivity index (χ4v) is 4.32. The molecule has 0 saturated carbocycles. The number of nitrogens with one attached hydrogen (secondary N) is 1. The quantitative estimate of drug-likeness (QED) is 0.463. The van der Waals surface area contributed by atoms with Crippen LogP contribution in [-0.4, -0.2) is 39.5 Å². The molecule has 3 aromatic rings. The maximum Gasteiger partial charge on any atom is 0.301 e. The van der Waals surface area contributed by atoms with E-state index in [1.807, 2.05) is 0 Å². The lowest BCUT2D eigenvalue weighted by Crippen LogP contribution is -2.36. The van der Waals surface area contributed by atoms with Crippen molar-refractivity contribution in [3.63, 3.8) is 0 Å². The van der Waals surface area contributed by atoms with Crippen molar-refractivity contribution in [1.82, 2.24) is 15.0 Å². The van der Waals surface area contributed by atoms with Gasteiger partial charge >= 0.3 is 5.92 Å². The van der Waals surface area contributed by atoms with Gasteiger partial charge in [-0.15, -0.1) is 0 Å². The predicted molar refractivity (Wildman–Crippen MR) is 124 cm³/mol. The summed E-state index contributed by atoms with van der Waals surface area (Å²) in [4.78, 5) is 13.0. The molecule has 10 heteroatoms. The van der Waals surface area contributed by atoms with Gasteiger partial charge in [-0.2, -0.15) is 8.78 Å². The van der Waals surface area contributed by atoms with Gasteiger partial charge in [0.1, 0.15) is 36.1 Å². The van der Waals surface area contributed by atoms with Crippen LogP contribution >= 0.6 is 7.14 Å². The number of anilines is 1. The van der Waals surface area contributed by atoms with E-state index in [-0.39, 0.29) is 5.56 Å². The van der Waals surface area contributed by atoms with Crippen LogP contribution in [0.4, 0.5) is 19.0 Å². The van der Waals surface area contributed by atoms with E-state index in [9.17, 15) is 18.5 Å². The molecular weight excluding hydrogens is 452 g/mol. The maximum absolute atomic E-state index is 15.2. The van der Waals surface area contributed by atoms with Crippen LogP contribution in [0.3, 0.4) is 0 Å². The first kappa shape index (κ1) is 25.1. The van der Waals surface area contributed by atoms with Gasteiger partial charge in [0.05, 0.1) is 23.3 Å². The summed E-state index contributed by atoms with van der Waals surface area (Å²) in [5, 5.41) is 13.6. The Balaban J connectivity index is 2.05. The van der Waals surface area contributed by atoms with E-state index in [1.54, 1.807) is 33.2 Å². The second-order valence-corrected chi connectivity index (χ2v) is 12.1. The SMILES string of the molecule is Cc1nc(NC(C)c2cccc(C(F)(F)C(O)C(C)C)c2F)c2cc(P(C)(C)=O)ncc2n1. The Kier molecular flexibility index (Phi) is 6.87. The molecule has 2 unspecified atom stereocenters. The molecule has 0 bridgehead atoms. The number of alkyl halides is 2. The lowest BCUT2D eigenvalue weighted by Gasteiger charge is -2.27. The first-order valence-corrected chi connectivity index (χ1v) is 13.1. The molecule has 0 aliphatic carbocycles. The van der Waals surface area contributed by atoms with Crippen molar-refractivity contribution in [2.45, 2.75) is 45.8 Å². The second kappa shape index (κ2) is 9.03. The third-order valence-electron chi connectivity index (χ3n) is 5.44. The Hall–Kier alpha value is -2.51. The smallest absolute Gasteiger partial charge is 0.301 e. The number of nitrogens with zero attached hydrogens (tertiary/aromatic N) is 3. The van der Waals surface area contributed by atoms with Gasteiger partial charge in [0, 0.05) is 10.9 Å². The standard InChI is InChI=1S/C23H28F3N4O2P/c1-12(2)21(31)23(25,26)17-9-7-8-15(20(17)24)13(3)28-22-16-10-19(33(5,6)32)27-11-18(16)29-14(4)30-22/h7-13,21,31H,1-6H3,(H,28,29,30). The number of aryl methyl sites for hydroxylation is 1. The van der Waals surface area contributed by atoms with E-state index in [0.717, 1.165) is 6.07 Å². The van der Waals surface area contributed by atoms with Gasteiger partial charge in [-0.25, -0.2) is 14.4 Å². The largest absolute Gasteiger partial charge is 0.386 e. The minimum Gasteiger partial charge on any atom is -0.386 e. The molecule has 2 atom stereocenters. The zero-order valence-corrected chi connectivity index (χ0v) is 20.3. The Morgan fingerprint density at radius 3 is 2.42 bits per heavy atom. The third kappa shape index (κ3) is 5.04. The molecule has 178 valence electrons. The lowest BCUT2D eigenvalue weighted by molar-refractivity contribution is -0.134. The molecule has 6 nitrogen and oxygen atoms in total. The van der Waals surface area contributed by atoms with Gasteiger partial charge in [-0.3, -0.25) is 4.98 Å². The van der Waals surface area contributed by atoms with Crippen molar-refractivity contribution in [1.29, 1.82) is 0 Å². The van der Waals surface area contributed by atoms with E-state index in [4.69, 9.17) is 0 Å². The molecule has 2 aromatic heterocycles. The number of fused-ring (bicyclic) bond motifs is 1. The Morgan fingerprint density at radius 1 is 1.15 bits per heavy atom. The van der Waals surface area contributed by atoms with Crippen molar-refractivity contribution in [2.75, 3.05) is 18.6 Å². The van der Waals surface area contributed by atoms with Crippen LogP contribution < -0.4 is 10.8 Å². The molecule has 1 aromatic carbocycles. The Labute approximate surface area is 191 Å². The highest BCUT2D eigenvalue weighted by Gasteiger charge is 2.44. The summed E-state index contributed by atoms with van der Waals surface area (Å²) in [5.74, 6) is -4.82. The summed E-state index contributed by atoms with van der Waals surface area (Å²) < 4.78 is 57.3. The first-order chi connectivity index (χ1) is 15.2. The van der Waals surface area contributed by atoms with Gasteiger partial charge in [-0.05, 0) is 45.2 Å². The van der Waals surface area contributed by atoms with Crippen molar-refractivity contribution in [3.05, 3.63) is 53.2 Å². The molecule has 2 heterocycles. The van der Waals surface area contributed by atoms with Crippen molar-refractivity contribution in [2.24, 2.45) is 5.92 Å². The number of hydrogen-bond donors (Lipinski definition) is 2. The number of aliphatic hydroxyl groups is 1. The number of aromatic nitrogens is 3. The third-order valence-corrected chi connectivity index (χ3v) is 6.79. The molecule has 0 radical (unpaired) electrons. The van der Waals surface area contributed by atoms with Gasteiger partial charge < -0.3 is 15.0 Å². The molecule has 0 saturated heterocycles. The predicted octanol–water partition coefficient (Wildman–Crippen LogP) is 5.00. The second-order valence-electron chi connectivity index (χ2n) is 8.92. The van der Waals surface area contributed by atoms with E-state index >= 15 is 4.39 Å². The fraction of sp³-hybridized carbons (Fsp3) is 0.435. The Bertz CT molecular complexity index is 1230. The minimum atomic E-state index is -3.75. The molecule has 3 rings (SSSR count). The maximum atomic E-state index is 15.2. The summed E-state index contributed by atoms with van der Waals surface area (Å²) in [6.07, 6.45) is -0.521. The number of pyridine rings is 1. The van der Waals surface area contributed by atoms with E-state index < -0.39 is 42.5 Å². The minimum absolute atomic E-state index is 0.00141. The Morgan fingerprint density at radius 2 is 1.82 bits per heavy atom. The van der Waals surface area contributed by atoms with Crippen LogP contribution in [0.1, 0.15) is 43.8 Å². The fourth-order valence-electron chi connectivity index (χ4n) is 3.54. The van der Waals surface area contributed by atoms with E-state index in [2.05, 4.69) is 20.3 Å². The van der Waals surface area contributed by atoms with Crippen LogP contribution in [-0.2, 0) is 10.5 Å². The monoisotopic (exact) mass is 480 g/mol. The number of rotatable bonds is 7. The van der Waals surface area contributed by atoms with Crippen molar-refractivity contribution >= 4 is 29.3 Å². The van der Waals surface area contributed by atoms with Gasteiger partial charge in [0.2, 0.25) is 0 Å². The van der Waals surface area contributed by atoms with Crippen molar-refractivity contribution in [3.8, 4) is 0 Å². The molecule has 0 spiro atoms. The van der Waals surface area contributed by atoms with Crippen LogP contribution in [0.25, 0.3) is 10.9 Å². The van der Waals surface area contributed by atoms with Crippen LogP contribution in [0.15, 0.2) is 30.5 Å².